The molecule has 0 aliphatic heterocycles. The largest absolute Gasteiger partial charge is 0.392 e. The smallest absolute Gasteiger partial charge is 0.255 e. The Morgan fingerprint density at radius 2 is 1.71 bits per heavy atom. The van der Waals surface area contributed by atoms with Crippen LogP contribution in [0.2, 0.25) is 0 Å². The molecule has 44 valence electrons. The van der Waals surface area contributed by atoms with E-state index in [1.807, 2.05) is 0 Å². The molecule has 0 atom stereocenters. The third-order valence-corrected chi connectivity index (χ3v) is 0.752. The van der Waals surface area contributed by atoms with Gasteiger partial charge in [-0.05, 0) is 9.05 Å². The maximum absolute atomic E-state index is 10.6. The van der Waals surface area contributed by atoms with Crippen LogP contribution in [-0.2, 0) is 14.0 Å². The predicted molar refractivity (Wildman–Crippen MR) is 17.9 cm³/mol. The van der Waals surface area contributed by atoms with Crippen molar-refractivity contribution in [2.75, 3.05) is 6.66 Å². The minimum absolute atomic E-state index is 0.660. The Kier molecular flexibility index (Phi) is 2.35. The molecular formula is CH3F2O3P. The molecule has 7 heavy (non-hydrogen) atoms. The van der Waals surface area contributed by atoms with E-state index in [-0.39, 0.29) is 0 Å². The molecule has 0 aromatic carbocycles. The quantitative estimate of drug-likeness (QED) is 0.535. The Bertz CT molecular complexity index is 84.9. The molecule has 0 amide bonds. The Morgan fingerprint density at radius 3 is 1.71 bits per heavy atom. The van der Waals surface area contributed by atoms with Crippen LogP contribution in [0.5, 0.6) is 0 Å². The lowest BCUT2D eigenvalue weighted by atomic mass is 12.0. The van der Waals surface area contributed by atoms with E-state index in [0.29, 0.717) is 6.66 Å². The standard InChI is InChI=1S/CH3F2O3P/c1-7(4,5-2)6-3/h1H3. The SMILES string of the molecule is CP(=O)(OF)OF. The van der Waals surface area contributed by atoms with Gasteiger partial charge in [0.2, 0.25) is 0 Å². The fourth-order valence-corrected chi connectivity index (χ4v) is 0.0319. The van der Waals surface area contributed by atoms with Gasteiger partial charge in [-0.2, -0.15) is 0 Å². The predicted octanol–water partition coefficient (Wildman–Crippen LogP) is 1.61. The Balaban J connectivity index is 3.61. The van der Waals surface area contributed by atoms with Crippen molar-refractivity contribution in [2.45, 2.75) is 0 Å². The van der Waals surface area contributed by atoms with Crippen LogP contribution in [0.3, 0.4) is 0 Å². The molecule has 0 aliphatic carbocycles. The molecule has 0 spiro atoms. The first-order chi connectivity index (χ1) is 3.12. The average Bonchev–Trinajstić information content (AvgIpc) is 1.68. The molecule has 0 saturated carbocycles. The van der Waals surface area contributed by atoms with E-state index in [9.17, 15) is 13.6 Å². The van der Waals surface area contributed by atoms with E-state index in [0.717, 1.165) is 0 Å². The zero-order valence-electron chi connectivity index (χ0n) is 3.43. The highest BCUT2D eigenvalue weighted by Gasteiger charge is 2.17. The molecule has 6 heteroatoms. The highest BCUT2D eigenvalue weighted by Crippen LogP contribution is 2.44. The van der Waals surface area contributed by atoms with Gasteiger partial charge in [-0.1, -0.05) is 0 Å². The van der Waals surface area contributed by atoms with Crippen LogP contribution in [0.25, 0.3) is 0 Å². The Morgan fingerprint density at radius 1 is 1.43 bits per heavy atom. The second-order valence-corrected chi connectivity index (χ2v) is 2.73. The van der Waals surface area contributed by atoms with Gasteiger partial charge < -0.3 is 0 Å². The monoisotopic (exact) mass is 132 g/mol. The topological polar surface area (TPSA) is 35.5 Å². The molecule has 0 unspecified atom stereocenters. The third-order valence-electron chi connectivity index (χ3n) is 0.251. The van der Waals surface area contributed by atoms with Crippen molar-refractivity contribution in [1.29, 1.82) is 0 Å². The summed E-state index contributed by atoms with van der Waals surface area (Å²) >= 11 is 0. The summed E-state index contributed by atoms with van der Waals surface area (Å²) in [7, 11) is -3.99. The van der Waals surface area contributed by atoms with Crippen LogP contribution in [0.4, 0.5) is 9.05 Å². The molecule has 0 fully saturated rings. The maximum atomic E-state index is 10.6. The molecule has 0 heterocycles. The summed E-state index contributed by atoms with van der Waals surface area (Å²) in [6, 6.07) is 0. The van der Waals surface area contributed by atoms with Crippen LogP contribution >= 0.6 is 7.60 Å². The number of halogens is 2. The molecule has 0 aromatic heterocycles. The van der Waals surface area contributed by atoms with Crippen LogP contribution < -0.4 is 0 Å². The summed E-state index contributed by atoms with van der Waals surface area (Å²) in [6.45, 7) is 0.660. The highest BCUT2D eigenvalue weighted by atomic mass is 31.2. The fourth-order valence-electron chi connectivity index (χ4n) is 0.0106. The molecule has 0 aliphatic rings. The van der Waals surface area contributed by atoms with Crippen molar-refractivity contribution in [1.82, 2.24) is 0 Å². The lowest BCUT2D eigenvalue weighted by molar-refractivity contribution is -0.0853. The molecular weight excluding hydrogens is 129 g/mol. The molecule has 0 saturated heterocycles. The van der Waals surface area contributed by atoms with E-state index in [2.05, 4.69) is 9.46 Å². The van der Waals surface area contributed by atoms with Gasteiger partial charge in [-0.25, -0.2) is 0 Å². The van der Waals surface area contributed by atoms with Crippen molar-refractivity contribution in [3.05, 3.63) is 0 Å². The van der Waals surface area contributed by atoms with Crippen LogP contribution in [0.1, 0.15) is 0 Å². The molecule has 0 rings (SSSR count). The molecule has 0 radical (unpaired) electrons. The number of hydrogen-bond acceptors (Lipinski definition) is 3. The van der Waals surface area contributed by atoms with Crippen molar-refractivity contribution >= 4 is 7.60 Å². The zero-order chi connectivity index (χ0) is 5.91. The summed E-state index contributed by atoms with van der Waals surface area (Å²) in [6.07, 6.45) is 0. The lowest BCUT2D eigenvalue weighted by Gasteiger charge is -1.94. The van der Waals surface area contributed by atoms with Gasteiger partial charge in [0.25, 0.3) is 0 Å². The van der Waals surface area contributed by atoms with E-state index in [1.165, 1.54) is 0 Å². The molecule has 0 aromatic rings. The molecule has 3 nitrogen and oxygen atoms in total. The van der Waals surface area contributed by atoms with Gasteiger partial charge in [0.1, 0.15) is 0 Å². The Labute approximate surface area is 38.6 Å². The summed E-state index contributed by atoms with van der Waals surface area (Å²) in [4.78, 5) is 0. The average molecular weight is 132 g/mol. The maximum Gasteiger partial charge on any atom is 0.392 e. The summed E-state index contributed by atoms with van der Waals surface area (Å²) in [5.41, 5.74) is 0. The second kappa shape index (κ2) is 2.35. The molecule has 0 N–H and O–H groups in total. The normalized spacial score (nSPS) is 11.9. The van der Waals surface area contributed by atoms with Crippen molar-refractivity contribution in [3.63, 3.8) is 0 Å². The minimum Gasteiger partial charge on any atom is -0.255 e. The third kappa shape index (κ3) is 2.68. The summed E-state index contributed by atoms with van der Waals surface area (Å²) in [5.74, 6) is 0. The van der Waals surface area contributed by atoms with E-state index in [4.69, 9.17) is 0 Å². The van der Waals surface area contributed by atoms with E-state index in [1.54, 1.807) is 0 Å². The number of hydrogen-bond donors (Lipinski definition) is 0. The van der Waals surface area contributed by atoms with Crippen LogP contribution in [0, 0.1) is 0 Å². The molecule has 0 bridgehead atoms. The van der Waals surface area contributed by atoms with Gasteiger partial charge in [-0.15, -0.1) is 9.46 Å². The second-order valence-electron chi connectivity index (χ2n) is 0.909. The Hall–Kier alpha value is 0.01000. The van der Waals surface area contributed by atoms with Crippen LogP contribution in [-0.4, -0.2) is 6.66 Å². The van der Waals surface area contributed by atoms with Gasteiger partial charge >= 0.3 is 7.60 Å². The number of rotatable bonds is 2. The van der Waals surface area contributed by atoms with E-state index < -0.39 is 7.60 Å². The first-order valence-corrected chi connectivity index (χ1v) is 3.29. The van der Waals surface area contributed by atoms with Crippen molar-refractivity contribution in [2.24, 2.45) is 0 Å². The van der Waals surface area contributed by atoms with Gasteiger partial charge in [-0.3, -0.25) is 4.57 Å². The summed E-state index contributed by atoms with van der Waals surface area (Å²) < 4.78 is 36.1. The lowest BCUT2D eigenvalue weighted by Crippen LogP contribution is -1.74. The van der Waals surface area contributed by atoms with Crippen LogP contribution in [0.15, 0.2) is 0 Å². The minimum atomic E-state index is -3.99. The zero-order valence-corrected chi connectivity index (χ0v) is 4.32. The van der Waals surface area contributed by atoms with Gasteiger partial charge in [0.05, 0.1) is 0 Å². The van der Waals surface area contributed by atoms with Crippen molar-refractivity contribution < 1.29 is 23.1 Å². The highest BCUT2D eigenvalue weighted by molar-refractivity contribution is 7.52. The van der Waals surface area contributed by atoms with Crippen molar-refractivity contribution in [3.8, 4) is 0 Å². The first kappa shape index (κ1) is 7.01. The first-order valence-electron chi connectivity index (χ1n) is 1.30. The van der Waals surface area contributed by atoms with E-state index >= 15 is 0 Å². The van der Waals surface area contributed by atoms with Gasteiger partial charge in [0.15, 0.2) is 0 Å². The summed E-state index contributed by atoms with van der Waals surface area (Å²) in [5, 5.41) is 0. The van der Waals surface area contributed by atoms with Gasteiger partial charge in [0, 0.05) is 6.66 Å². The fraction of sp³-hybridized carbons (Fsp3) is 1.00.